The van der Waals surface area contributed by atoms with Crippen molar-refractivity contribution < 1.29 is 19.4 Å². The summed E-state index contributed by atoms with van der Waals surface area (Å²) in [6.07, 6.45) is 0.671. The van der Waals surface area contributed by atoms with E-state index in [1.165, 1.54) is 0 Å². The van der Waals surface area contributed by atoms with Gasteiger partial charge in [-0.3, -0.25) is 4.79 Å². The van der Waals surface area contributed by atoms with Crippen LogP contribution in [0, 0.1) is 0 Å². The average Bonchev–Trinajstić information content (AvgIpc) is 1.98. The third-order valence-electron chi connectivity index (χ3n) is 0.809. The standard InChI is InChI=1S/C6H10O4/c1-2-3-10-6(9)5(8)4-7/h7H,2-4H2,1H3. The van der Waals surface area contributed by atoms with Gasteiger partial charge >= 0.3 is 5.97 Å². The summed E-state index contributed by atoms with van der Waals surface area (Å²) in [7, 11) is 0. The molecule has 0 heterocycles. The van der Waals surface area contributed by atoms with E-state index in [1.807, 2.05) is 6.92 Å². The molecule has 0 aliphatic heterocycles. The van der Waals surface area contributed by atoms with Crippen molar-refractivity contribution in [2.24, 2.45) is 0 Å². The van der Waals surface area contributed by atoms with Gasteiger partial charge in [0.25, 0.3) is 5.78 Å². The number of hydrogen-bond acceptors (Lipinski definition) is 4. The van der Waals surface area contributed by atoms with Crippen LogP contribution in [-0.4, -0.2) is 30.1 Å². The average molecular weight is 146 g/mol. The first-order valence-electron chi connectivity index (χ1n) is 3.03. The Balaban J connectivity index is 3.52. The smallest absolute Gasteiger partial charge is 0.377 e. The molecule has 10 heavy (non-hydrogen) atoms. The molecule has 0 spiro atoms. The third-order valence-corrected chi connectivity index (χ3v) is 0.809. The van der Waals surface area contributed by atoms with Crippen molar-refractivity contribution in [3.8, 4) is 0 Å². The van der Waals surface area contributed by atoms with Crippen LogP contribution >= 0.6 is 0 Å². The van der Waals surface area contributed by atoms with Crippen LogP contribution in [0.4, 0.5) is 0 Å². The maximum atomic E-state index is 10.4. The summed E-state index contributed by atoms with van der Waals surface area (Å²) >= 11 is 0. The highest BCUT2D eigenvalue weighted by Crippen LogP contribution is 1.83. The minimum absolute atomic E-state index is 0.227. The van der Waals surface area contributed by atoms with Crippen molar-refractivity contribution in [3.05, 3.63) is 0 Å². The van der Waals surface area contributed by atoms with Gasteiger partial charge in [-0.2, -0.15) is 0 Å². The largest absolute Gasteiger partial charge is 0.460 e. The molecule has 0 fully saturated rings. The van der Waals surface area contributed by atoms with E-state index in [0.717, 1.165) is 0 Å². The molecule has 0 atom stereocenters. The van der Waals surface area contributed by atoms with Gasteiger partial charge in [0, 0.05) is 0 Å². The van der Waals surface area contributed by atoms with Crippen molar-refractivity contribution >= 4 is 11.8 Å². The molecular formula is C6H10O4. The van der Waals surface area contributed by atoms with Crippen LogP contribution in [0.25, 0.3) is 0 Å². The first kappa shape index (κ1) is 9.10. The first-order chi connectivity index (χ1) is 4.72. The highest BCUT2D eigenvalue weighted by Gasteiger charge is 2.12. The van der Waals surface area contributed by atoms with Gasteiger partial charge in [-0.1, -0.05) is 6.92 Å². The fourth-order valence-corrected chi connectivity index (χ4v) is 0.340. The van der Waals surface area contributed by atoms with Crippen molar-refractivity contribution in [3.63, 3.8) is 0 Å². The van der Waals surface area contributed by atoms with E-state index < -0.39 is 18.4 Å². The zero-order chi connectivity index (χ0) is 7.98. The number of rotatable bonds is 4. The Morgan fingerprint density at radius 1 is 1.50 bits per heavy atom. The monoisotopic (exact) mass is 146 g/mol. The number of ether oxygens (including phenoxy) is 1. The molecule has 4 heteroatoms. The molecule has 0 saturated carbocycles. The third kappa shape index (κ3) is 3.19. The molecule has 1 N–H and O–H groups in total. The van der Waals surface area contributed by atoms with Crippen LogP contribution in [-0.2, 0) is 14.3 Å². The molecule has 0 aliphatic carbocycles. The van der Waals surface area contributed by atoms with Gasteiger partial charge < -0.3 is 9.84 Å². The number of Topliss-reactive ketones (excluding diaryl/α,β-unsaturated/α-hetero) is 1. The molecule has 0 amide bonds. The Hall–Kier alpha value is -0.900. The molecular weight excluding hydrogens is 136 g/mol. The topological polar surface area (TPSA) is 63.6 Å². The normalized spacial score (nSPS) is 9.00. The van der Waals surface area contributed by atoms with E-state index in [9.17, 15) is 9.59 Å². The number of ketones is 1. The van der Waals surface area contributed by atoms with Gasteiger partial charge in [0.1, 0.15) is 6.61 Å². The van der Waals surface area contributed by atoms with Crippen LogP contribution in [0.5, 0.6) is 0 Å². The first-order valence-corrected chi connectivity index (χ1v) is 3.03. The summed E-state index contributed by atoms with van der Waals surface area (Å²) in [6, 6.07) is 0. The van der Waals surface area contributed by atoms with Crippen molar-refractivity contribution in [2.45, 2.75) is 13.3 Å². The zero-order valence-corrected chi connectivity index (χ0v) is 5.79. The van der Waals surface area contributed by atoms with Crippen molar-refractivity contribution in [2.75, 3.05) is 13.2 Å². The summed E-state index contributed by atoms with van der Waals surface area (Å²) in [6.45, 7) is 1.27. The second-order valence-corrected chi connectivity index (χ2v) is 1.72. The van der Waals surface area contributed by atoms with E-state index in [-0.39, 0.29) is 6.61 Å². The van der Waals surface area contributed by atoms with Gasteiger partial charge in [-0.05, 0) is 6.42 Å². The lowest BCUT2D eigenvalue weighted by molar-refractivity contribution is -0.155. The molecule has 0 unspecified atom stereocenters. The van der Waals surface area contributed by atoms with Gasteiger partial charge in [-0.25, -0.2) is 4.79 Å². The molecule has 58 valence electrons. The molecule has 0 bridgehead atoms. The summed E-state index contributed by atoms with van der Waals surface area (Å²) < 4.78 is 4.40. The van der Waals surface area contributed by atoms with Crippen LogP contribution in [0.3, 0.4) is 0 Å². The number of esters is 1. The Labute approximate surface area is 58.8 Å². The SMILES string of the molecule is CCCOC(=O)C(=O)CO. The minimum atomic E-state index is -0.954. The minimum Gasteiger partial charge on any atom is -0.460 e. The van der Waals surface area contributed by atoms with Crippen molar-refractivity contribution in [1.29, 1.82) is 0 Å². The molecule has 0 aromatic heterocycles. The number of aliphatic hydroxyl groups is 1. The van der Waals surface area contributed by atoms with E-state index in [1.54, 1.807) is 0 Å². The molecule has 0 aliphatic rings. The van der Waals surface area contributed by atoms with Crippen LogP contribution in [0.1, 0.15) is 13.3 Å². The molecule has 0 rings (SSSR count). The predicted molar refractivity (Wildman–Crippen MR) is 33.3 cm³/mol. The summed E-state index contributed by atoms with van der Waals surface area (Å²) in [5.41, 5.74) is 0. The maximum absolute atomic E-state index is 10.4. The van der Waals surface area contributed by atoms with E-state index in [4.69, 9.17) is 5.11 Å². The Bertz CT molecular complexity index is 130. The van der Waals surface area contributed by atoms with Crippen LogP contribution in [0.2, 0.25) is 0 Å². The number of hydrogen-bond donors (Lipinski definition) is 1. The van der Waals surface area contributed by atoms with E-state index >= 15 is 0 Å². The van der Waals surface area contributed by atoms with Crippen LogP contribution < -0.4 is 0 Å². The maximum Gasteiger partial charge on any atom is 0.377 e. The Morgan fingerprint density at radius 2 is 2.10 bits per heavy atom. The number of carbonyl (C=O) groups is 2. The Morgan fingerprint density at radius 3 is 2.50 bits per heavy atom. The lowest BCUT2D eigenvalue weighted by Gasteiger charge is -1.98. The molecule has 0 aromatic carbocycles. The second-order valence-electron chi connectivity index (χ2n) is 1.72. The highest BCUT2D eigenvalue weighted by atomic mass is 16.5. The molecule has 0 aromatic rings. The van der Waals surface area contributed by atoms with Gasteiger partial charge in [0.15, 0.2) is 0 Å². The van der Waals surface area contributed by atoms with Gasteiger partial charge in [0.05, 0.1) is 6.61 Å². The lowest BCUT2D eigenvalue weighted by Crippen LogP contribution is -2.20. The number of carbonyl (C=O) groups excluding carboxylic acids is 2. The summed E-state index contributed by atoms with van der Waals surface area (Å²) in [4.78, 5) is 20.7. The Kier molecular flexibility index (Phi) is 4.49. The fraction of sp³-hybridized carbons (Fsp3) is 0.667. The lowest BCUT2D eigenvalue weighted by atomic mass is 10.4. The fourth-order valence-electron chi connectivity index (χ4n) is 0.340. The van der Waals surface area contributed by atoms with Gasteiger partial charge in [-0.15, -0.1) is 0 Å². The van der Waals surface area contributed by atoms with E-state index in [0.29, 0.717) is 6.42 Å². The molecule has 4 nitrogen and oxygen atoms in total. The quantitative estimate of drug-likeness (QED) is 0.429. The predicted octanol–water partition coefficient (Wildman–Crippen LogP) is -0.499. The molecule has 0 saturated heterocycles. The van der Waals surface area contributed by atoms with Crippen LogP contribution in [0.15, 0.2) is 0 Å². The number of aliphatic hydroxyl groups excluding tert-OH is 1. The highest BCUT2D eigenvalue weighted by molar-refractivity contribution is 6.34. The van der Waals surface area contributed by atoms with Crippen molar-refractivity contribution in [1.82, 2.24) is 0 Å². The summed E-state index contributed by atoms with van der Waals surface area (Å²) in [5.74, 6) is -1.85. The molecule has 0 radical (unpaired) electrons. The summed E-state index contributed by atoms with van der Waals surface area (Å²) in [5, 5.41) is 8.15. The second kappa shape index (κ2) is 4.93. The van der Waals surface area contributed by atoms with E-state index in [2.05, 4.69) is 4.74 Å². The zero-order valence-electron chi connectivity index (χ0n) is 5.79. The van der Waals surface area contributed by atoms with Gasteiger partial charge in [0.2, 0.25) is 0 Å².